The summed E-state index contributed by atoms with van der Waals surface area (Å²) >= 11 is 6.19. The van der Waals surface area contributed by atoms with Crippen LogP contribution in [0.3, 0.4) is 0 Å². The highest BCUT2D eigenvalue weighted by Gasteiger charge is 2.15. The molecule has 0 aliphatic carbocycles. The van der Waals surface area contributed by atoms with Gasteiger partial charge in [-0.25, -0.2) is 0 Å². The van der Waals surface area contributed by atoms with E-state index in [0.29, 0.717) is 35.2 Å². The van der Waals surface area contributed by atoms with Crippen molar-refractivity contribution < 1.29 is 19.0 Å². The van der Waals surface area contributed by atoms with Gasteiger partial charge in [-0.1, -0.05) is 23.7 Å². The smallest absolute Gasteiger partial charge is 0.251 e. The Labute approximate surface area is 146 Å². The van der Waals surface area contributed by atoms with Crippen LogP contribution in [0.25, 0.3) is 0 Å². The summed E-state index contributed by atoms with van der Waals surface area (Å²) in [5, 5.41) is 3.18. The van der Waals surface area contributed by atoms with Crippen LogP contribution >= 0.6 is 11.6 Å². The van der Waals surface area contributed by atoms with Gasteiger partial charge in [-0.3, -0.25) is 4.79 Å². The number of hydrogen-bond donors (Lipinski definition) is 1. The predicted molar refractivity (Wildman–Crippen MR) is 93.3 cm³/mol. The van der Waals surface area contributed by atoms with Crippen molar-refractivity contribution in [3.8, 4) is 17.2 Å². The number of rotatable bonds is 7. The molecule has 0 aliphatic heterocycles. The number of ether oxygens (including phenoxy) is 3. The first-order valence-corrected chi connectivity index (χ1v) is 7.88. The molecule has 0 radical (unpaired) electrons. The number of amides is 1. The number of halogens is 1. The molecule has 1 N–H and O–H groups in total. The number of nitrogens with one attached hydrogen (secondary N) is 1. The van der Waals surface area contributed by atoms with E-state index < -0.39 is 0 Å². The summed E-state index contributed by atoms with van der Waals surface area (Å²) in [4.78, 5) is 12.4. The maximum Gasteiger partial charge on any atom is 0.251 e. The molecule has 0 atom stereocenters. The molecule has 0 unspecified atom stereocenters. The Bertz CT molecular complexity index is 718. The normalized spacial score (nSPS) is 10.2. The van der Waals surface area contributed by atoms with Gasteiger partial charge in [0, 0.05) is 12.1 Å². The van der Waals surface area contributed by atoms with Crippen LogP contribution in [0.1, 0.15) is 22.8 Å². The lowest BCUT2D eigenvalue weighted by atomic mass is 10.1. The molecule has 0 heterocycles. The standard InChI is InChI=1S/C18H20ClNO4/c1-4-24-17-15(19)9-13(10-16(17)23-3)18(21)20-11-12-6-5-7-14(8-12)22-2/h5-10H,4,11H2,1-3H3,(H,20,21). The van der Waals surface area contributed by atoms with Crippen molar-refractivity contribution in [1.82, 2.24) is 5.32 Å². The molecule has 2 rings (SSSR count). The van der Waals surface area contributed by atoms with Crippen LogP contribution in [-0.4, -0.2) is 26.7 Å². The van der Waals surface area contributed by atoms with E-state index in [1.54, 1.807) is 19.2 Å². The van der Waals surface area contributed by atoms with Crippen LogP contribution in [0.2, 0.25) is 5.02 Å². The number of hydrogen-bond acceptors (Lipinski definition) is 4. The third-order valence-electron chi connectivity index (χ3n) is 3.37. The molecule has 5 nitrogen and oxygen atoms in total. The molecule has 0 aromatic heterocycles. The van der Waals surface area contributed by atoms with Gasteiger partial charge in [0.2, 0.25) is 0 Å². The lowest BCUT2D eigenvalue weighted by Crippen LogP contribution is -2.22. The van der Waals surface area contributed by atoms with Crippen molar-refractivity contribution in [2.24, 2.45) is 0 Å². The quantitative estimate of drug-likeness (QED) is 0.828. The number of carbonyl (C=O) groups excluding carboxylic acids is 1. The summed E-state index contributed by atoms with van der Waals surface area (Å²) in [6.45, 7) is 2.69. The second kappa shape index (κ2) is 8.45. The number of benzene rings is 2. The van der Waals surface area contributed by atoms with Gasteiger partial charge < -0.3 is 19.5 Å². The largest absolute Gasteiger partial charge is 0.497 e. The van der Waals surface area contributed by atoms with Crippen LogP contribution in [0.5, 0.6) is 17.2 Å². The van der Waals surface area contributed by atoms with E-state index >= 15 is 0 Å². The average molecular weight is 350 g/mol. The van der Waals surface area contributed by atoms with E-state index in [1.807, 2.05) is 31.2 Å². The van der Waals surface area contributed by atoms with E-state index in [-0.39, 0.29) is 5.91 Å². The average Bonchev–Trinajstić information content (AvgIpc) is 2.61. The van der Waals surface area contributed by atoms with Gasteiger partial charge in [-0.15, -0.1) is 0 Å². The van der Waals surface area contributed by atoms with Gasteiger partial charge in [0.15, 0.2) is 11.5 Å². The molecule has 24 heavy (non-hydrogen) atoms. The van der Waals surface area contributed by atoms with Crippen LogP contribution in [0, 0.1) is 0 Å². The van der Waals surface area contributed by atoms with E-state index in [9.17, 15) is 4.79 Å². The van der Waals surface area contributed by atoms with Gasteiger partial charge in [0.1, 0.15) is 5.75 Å². The first kappa shape index (κ1) is 17.9. The van der Waals surface area contributed by atoms with E-state index in [0.717, 1.165) is 11.3 Å². The van der Waals surface area contributed by atoms with Gasteiger partial charge in [0.25, 0.3) is 5.91 Å². The first-order chi connectivity index (χ1) is 11.6. The second-order valence-electron chi connectivity index (χ2n) is 4.96. The Balaban J connectivity index is 2.13. The molecule has 0 spiro atoms. The van der Waals surface area contributed by atoms with Crippen LogP contribution in [0.4, 0.5) is 0 Å². The molecule has 0 bridgehead atoms. The molecule has 6 heteroatoms. The third kappa shape index (κ3) is 4.32. The van der Waals surface area contributed by atoms with E-state index in [4.69, 9.17) is 25.8 Å². The zero-order chi connectivity index (χ0) is 17.5. The Morgan fingerprint density at radius 1 is 1.17 bits per heavy atom. The Hall–Kier alpha value is -2.40. The van der Waals surface area contributed by atoms with Crippen molar-refractivity contribution >= 4 is 17.5 Å². The zero-order valence-corrected chi connectivity index (χ0v) is 14.6. The van der Waals surface area contributed by atoms with Crippen molar-refractivity contribution in [1.29, 1.82) is 0 Å². The molecule has 0 aliphatic rings. The van der Waals surface area contributed by atoms with Gasteiger partial charge in [-0.05, 0) is 36.8 Å². The highest BCUT2D eigenvalue weighted by atomic mass is 35.5. The highest BCUT2D eigenvalue weighted by molar-refractivity contribution is 6.32. The van der Waals surface area contributed by atoms with Crippen molar-refractivity contribution in [2.75, 3.05) is 20.8 Å². The Morgan fingerprint density at radius 3 is 2.62 bits per heavy atom. The molecular weight excluding hydrogens is 330 g/mol. The lowest BCUT2D eigenvalue weighted by Gasteiger charge is -2.13. The molecule has 2 aromatic carbocycles. The fraction of sp³-hybridized carbons (Fsp3) is 0.278. The molecule has 0 saturated heterocycles. The fourth-order valence-electron chi connectivity index (χ4n) is 2.20. The number of carbonyl (C=O) groups is 1. The topological polar surface area (TPSA) is 56.8 Å². The maximum atomic E-state index is 12.4. The molecule has 128 valence electrons. The van der Waals surface area contributed by atoms with Gasteiger partial charge >= 0.3 is 0 Å². The van der Waals surface area contributed by atoms with Gasteiger partial charge in [0.05, 0.1) is 25.8 Å². The minimum Gasteiger partial charge on any atom is -0.497 e. The SMILES string of the molecule is CCOc1c(Cl)cc(C(=O)NCc2cccc(OC)c2)cc1OC. The third-order valence-corrected chi connectivity index (χ3v) is 3.65. The second-order valence-corrected chi connectivity index (χ2v) is 5.36. The van der Waals surface area contributed by atoms with E-state index in [1.165, 1.54) is 7.11 Å². The molecule has 0 fully saturated rings. The maximum absolute atomic E-state index is 12.4. The van der Waals surface area contributed by atoms with E-state index in [2.05, 4.69) is 5.32 Å². The van der Waals surface area contributed by atoms with Crippen molar-refractivity contribution in [3.63, 3.8) is 0 Å². The Morgan fingerprint density at radius 2 is 1.96 bits per heavy atom. The molecule has 2 aromatic rings. The summed E-state index contributed by atoms with van der Waals surface area (Å²) < 4.78 is 15.9. The highest BCUT2D eigenvalue weighted by Crippen LogP contribution is 2.36. The summed E-state index contributed by atoms with van der Waals surface area (Å²) in [7, 11) is 3.11. The monoisotopic (exact) mass is 349 g/mol. The summed E-state index contributed by atoms with van der Waals surface area (Å²) in [6, 6.07) is 10.7. The summed E-state index contributed by atoms with van der Waals surface area (Å²) in [6.07, 6.45) is 0. The predicted octanol–water partition coefficient (Wildman–Crippen LogP) is 3.69. The van der Waals surface area contributed by atoms with Crippen LogP contribution in [0.15, 0.2) is 36.4 Å². The van der Waals surface area contributed by atoms with Crippen molar-refractivity contribution in [2.45, 2.75) is 13.5 Å². The lowest BCUT2D eigenvalue weighted by molar-refractivity contribution is 0.0950. The summed E-state index contributed by atoms with van der Waals surface area (Å²) in [5.41, 5.74) is 1.34. The zero-order valence-electron chi connectivity index (χ0n) is 13.9. The molecular formula is C18H20ClNO4. The molecule has 0 saturated carbocycles. The van der Waals surface area contributed by atoms with Crippen LogP contribution in [-0.2, 0) is 6.54 Å². The molecule has 1 amide bonds. The summed E-state index contributed by atoms with van der Waals surface area (Å²) in [5.74, 6) is 1.36. The van der Waals surface area contributed by atoms with Gasteiger partial charge in [-0.2, -0.15) is 0 Å². The number of methoxy groups -OCH3 is 2. The minimum atomic E-state index is -0.249. The fourth-order valence-corrected chi connectivity index (χ4v) is 2.47. The van der Waals surface area contributed by atoms with Crippen LogP contribution < -0.4 is 19.5 Å². The Kier molecular flexibility index (Phi) is 6.32. The van der Waals surface area contributed by atoms with Crippen molar-refractivity contribution in [3.05, 3.63) is 52.5 Å². The first-order valence-electron chi connectivity index (χ1n) is 7.50. The minimum absolute atomic E-state index is 0.249.